The van der Waals surface area contributed by atoms with E-state index in [-0.39, 0.29) is 11.9 Å². The Hall–Kier alpha value is -2.13. The van der Waals surface area contributed by atoms with E-state index in [2.05, 4.69) is 41.0 Å². The fourth-order valence-electron chi connectivity index (χ4n) is 2.71. The van der Waals surface area contributed by atoms with Gasteiger partial charge in [-0.05, 0) is 52.1 Å². The van der Waals surface area contributed by atoms with Gasteiger partial charge in [0.1, 0.15) is 0 Å². The van der Waals surface area contributed by atoms with Crippen molar-refractivity contribution in [1.82, 2.24) is 5.32 Å². The molecule has 112 valence electrons. The molecule has 22 heavy (non-hydrogen) atoms. The Labute approximate surface area is 134 Å². The van der Waals surface area contributed by atoms with Gasteiger partial charge in [-0.15, -0.1) is 0 Å². The molecular weight excluding hydrogens is 290 g/mol. The number of benzene rings is 2. The van der Waals surface area contributed by atoms with E-state index in [0.717, 1.165) is 6.42 Å². The van der Waals surface area contributed by atoms with Crippen LogP contribution in [0.25, 0.3) is 10.8 Å². The maximum atomic E-state index is 12.2. The molecule has 0 aliphatic heterocycles. The van der Waals surface area contributed by atoms with Crippen molar-refractivity contribution in [2.75, 3.05) is 0 Å². The number of hydrogen-bond acceptors (Lipinski definition) is 2. The van der Waals surface area contributed by atoms with Gasteiger partial charge in [0.15, 0.2) is 0 Å². The highest BCUT2D eigenvalue weighted by molar-refractivity contribution is 7.07. The Morgan fingerprint density at radius 2 is 1.95 bits per heavy atom. The minimum absolute atomic E-state index is 0.0149. The van der Waals surface area contributed by atoms with Gasteiger partial charge < -0.3 is 5.32 Å². The topological polar surface area (TPSA) is 29.1 Å². The molecule has 0 unspecified atom stereocenters. The number of rotatable bonds is 5. The second kappa shape index (κ2) is 6.75. The lowest BCUT2D eigenvalue weighted by molar-refractivity contribution is -0.121. The van der Waals surface area contributed by atoms with Crippen molar-refractivity contribution in [3.05, 3.63) is 70.4 Å². The van der Waals surface area contributed by atoms with Gasteiger partial charge in [-0.3, -0.25) is 4.79 Å². The van der Waals surface area contributed by atoms with Gasteiger partial charge in [0.25, 0.3) is 0 Å². The molecule has 0 aliphatic rings. The quantitative estimate of drug-likeness (QED) is 0.726. The fraction of sp³-hybridized carbons (Fsp3) is 0.211. The van der Waals surface area contributed by atoms with Crippen LogP contribution in [0.2, 0.25) is 0 Å². The van der Waals surface area contributed by atoms with Crippen molar-refractivity contribution in [3.63, 3.8) is 0 Å². The number of hydrogen-bond donors (Lipinski definition) is 1. The lowest BCUT2D eigenvalue weighted by Gasteiger charge is -2.16. The molecule has 0 bridgehead atoms. The zero-order chi connectivity index (χ0) is 15.4. The number of thiophene rings is 1. The zero-order valence-electron chi connectivity index (χ0n) is 12.6. The first-order chi connectivity index (χ1) is 10.7. The van der Waals surface area contributed by atoms with Crippen LogP contribution in [0, 0.1) is 0 Å². The summed E-state index contributed by atoms with van der Waals surface area (Å²) < 4.78 is 0. The van der Waals surface area contributed by atoms with Gasteiger partial charge in [-0.1, -0.05) is 42.5 Å². The van der Waals surface area contributed by atoms with Crippen LogP contribution in [0.1, 0.15) is 30.5 Å². The maximum Gasteiger partial charge on any atom is 0.220 e. The third-order valence-corrected chi connectivity index (χ3v) is 4.62. The molecule has 0 spiro atoms. The van der Waals surface area contributed by atoms with Gasteiger partial charge in [-0.2, -0.15) is 11.3 Å². The molecule has 1 atom stereocenters. The van der Waals surface area contributed by atoms with Crippen molar-refractivity contribution >= 4 is 28.0 Å². The van der Waals surface area contributed by atoms with E-state index in [0.29, 0.717) is 6.42 Å². The van der Waals surface area contributed by atoms with Crippen molar-refractivity contribution in [2.24, 2.45) is 0 Å². The number of carbonyl (C=O) groups is 1. The summed E-state index contributed by atoms with van der Waals surface area (Å²) in [6.07, 6.45) is 1.34. The standard InChI is InChI=1S/C19H19NOS/c1-14(20-19(21)10-9-15-11-12-22-13-15)17-8-4-6-16-5-2-3-7-18(16)17/h2-8,11-14H,9-10H2,1H3,(H,20,21)/t14-/m1/s1. The molecule has 2 aromatic carbocycles. The van der Waals surface area contributed by atoms with Crippen LogP contribution in [-0.4, -0.2) is 5.91 Å². The molecule has 1 heterocycles. The Morgan fingerprint density at radius 3 is 2.77 bits per heavy atom. The predicted molar refractivity (Wildman–Crippen MR) is 93.1 cm³/mol. The Balaban J connectivity index is 1.68. The molecule has 1 amide bonds. The smallest absolute Gasteiger partial charge is 0.220 e. The third-order valence-electron chi connectivity index (χ3n) is 3.89. The molecule has 3 heteroatoms. The minimum Gasteiger partial charge on any atom is -0.350 e. The van der Waals surface area contributed by atoms with Crippen LogP contribution in [-0.2, 0) is 11.2 Å². The van der Waals surface area contributed by atoms with E-state index in [9.17, 15) is 4.79 Å². The first-order valence-corrected chi connectivity index (χ1v) is 8.46. The van der Waals surface area contributed by atoms with Crippen LogP contribution in [0.5, 0.6) is 0 Å². The average molecular weight is 309 g/mol. The Bertz CT molecular complexity index is 759. The van der Waals surface area contributed by atoms with Crippen LogP contribution in [0.15, 0.2) is 59.3 Å². The lowest BCUT2D eigenvalue weighted by Crippen LogP contribution is -2.26. The second-order valence-corrected chi connectivity index (χ2v) is 6.27. The summed E-state index contributed by atoms with van der Waals surface area (Å²) in [4.78, 5) is 12.2. The maximum absolute atomic E-state index is 12.2. The van der Waals surface area contributed by atoms with E-state index in [1.54, 1.807) is 11.3 Å². The SMILES string of the molecule is C[C@@H](NC(=O)CCc1ccsc1)c1cccc2ccccc12. The summed E-state index contributed by atoms with van der Waals surface area (Å²) in [6.45, 7) is 2.05. The molecule has 1 aromatic heterocycles. The highest BCUT2D eigenvalue weighted by Gasteiger charge is 2.12. The number of carbonyl (C=O) groups excluding carboxylic acids is 1. The fourth-order valence-corrected chi connectivity index (χ4v) is 3.42. The van der Waals surface area contributed by atoms with E-state index < -0.39 is 0 Å². The molecule has 0 saturated heterocycles. The molecule has 2 nitrogen and oxygen atoms in total. The lowest BCUT2D eigenvalue weighted by atomic mass is 9.99. The van der Waals surface area contributed by atoms with Crippen molar-refractivity contribution < 1.29 is 4.79 Å². The van der Waals surface area contributed by atoms with Gasteiger partial charge in [0.2, 0.25) is 5.91 Å². The highest BCUT2D eigenvalue weighted by atomic mass is 32.1. The van der Waals surface area contributed by atoms with E-state index in [1.165, 1.54) is 21.9 Å². The number of nitrogens with one attached hydrogen (secondary N) is 1. The van der Waals surface area contributed by atoms with Gasteiger partial charge in [0, 0.05) is 6.42 Å². The van der Waals surface area contributed by atoms with Gasteiger partial charge >= 0.3 is 0 Å². The van der Waals surface area contributed by atoms with Gasteiger partial charge in [0.05, 0.1) is 6.04 Å². The number of fused-ring (bicyclic) bond motifs is 1. The summed E-state index contributed by atoms with van der Waals surface area (Å²) in [7, 11) is 0. The summed E-state index contributed by atoms with van der Waals surface area (Å²) in [5.41, 5.74) is 2.40. The highest BCUT2D eigenvalue weighted by Crippen LogP contribution is 2.24. The van der Waals surface area contributed by atoms with Crippen LogP contribution >= 0.6 is 11.3 Å². The summed E-state index contributed by atoms with van der Waals surface area (Å²) >= 11 is 1.67. The molecular formula is C19H19NOS. The average Bonchev–Trinajstić information content (AvgIpc) is 3.06. The van der Waals surface area contributed by atoms with Crippen LogP contribution in [0.3, 0.4) is 0 Å². The number of amides is 1. The zero-order valence-corrected chi connectivity index (χ0v) is 13.4. The molecule has 0 aliphatic carbocycles. The van der Waals surface area contributed by atoms with Crippen LogP contribution in [0.4, 0.5) is 0 Å². The largest absolute Gasteiger partial charge is 0.350 e. The summed E-state index contributed by atoms with van der Waals surface area (Å²) in [5.74, 6) is 0.103. The van der Waals surface area contributed by atoms with Crippen molar-refractivity contribution in [3.8, 4) is 0 Å². The van der Waals surface area contributed by atoms with E-state index in [4.69, 9.17) is 0 Å². The van der Waals surface area contributed by atoms with Crippen molar-refractivity contribution in [2.45, 2.75) is 25.8 Å². The second-order valence-electron chi connectivity index (χ2n) is 5.49. The van der Waals surface area contributed by atoms with Crippen LogP contribution < -0.4 is 5.32 Å². The van der Waals surface area contributed by atoms with E-state index >= 15 is 0 Å². The molecule has 0 fully saturated rings. The molecule has 0 radical (unpaired) electrons. The normalized spacial score (nSPS) is 12.2. The molecule has 3 aromatic rings. The first kappa shape index (κ1) is 14.8. The van der Waals surface area contributed by atoms with Gasteiger partial charge in [-0.25, -0.2) is 0 Å². The number of aryl methyl sites for hydroxylation is 1. The molecule has 0 saturated carbocycles. The van der Waals surface area contributed by atoms with Crippen molar-refractivity contribution in [1.29, 1.82) is 0 Å². The third kappa shape index (κ3) is 3.37. The monoisotopic (exact) mass is 309 g/mol. The predicted octanol–water partition coefficient (Wildman–Crippen LogP) is 4.71. The van der Waals surface area contributed by atoms with E-state index in [1.807, 2.05) is 30.5 Å². The molecule has 3 rings (SSSR count). The summed E-state index contributed by atoms with van der Waals surface area (Å²) in [5, 5.41) is 9.67. The molecule has 1 N–H and O–H groups in total. The minimum atomic E-state index is 0.0149. The first-order valence-electron chi connectivity index (χ1n) is 7.52. The Morgan fingerprint density at radius 1 is 1.14 bits per heavy atom. The summed E-state index contributed by atoms with van der Waals surface area (Å²) in [6, 6.07) is 16.6. The Kier molecular flexibility index (Phi) is 4.54.